The summed E-state index contributed by atoms with van der Waals surface area (Å²) in [5, 5.41) is 0. The summed E-state index contributed by atoms with van der Waals surface area (Å²) < 4.78 is 28.5. The maximum absolute atomic E-state index is 11.7. The zero-order chi connectivity index (χ0) is 13.0. The first-order valence-corrected chi connectivity index (χ1v) is 7.10. The Hall–Kier alpha value is -0.170. The van der Waals surface area contributed by atoms with Gasteiger partial charge in [0, 0.05) is 18.1 Å². The molecule has 0 aromatic carbocycles. The van der Waals surface area contributed by atoms with E-state index in [4.69, 9.17) is 5.73 Å². The van der Waals surface area contributed by atoms with Gasteiger partial charge in [0.15, 0.2) is 0 Å². The molecular formula is C10H25N3O2S. The van der Waals surface area contributed by atoms with Gasteiger partial charge in [-0.25, -0.2) is 0 Å². The maximum Gasteiger partial charge on any atom is 0.277 e. The van der Waals surface area contributed by atoms with Gasteiger partial charge in [0.1, 0.15) is 0 Å². The summed E-state index contributed by atoms with van der Waals surface area (Å²) in [5.41, 5.74) is 5.05. The molecule has 0 fully saturated rings. The fraction of sp³-hybridized carbons (Fsp3) is 1.00. The minimum Gasteiger partial charge on any atom is -0.329 e. The zero-order valence-electron chi connectivity index (χ0n) is 10.9. The Kier molecular flexibility index (Phi) is 5.89. The molecule has 0 aromatic heterocycles. The number of rotatable bonds is 7. The molecule has 0 aliphatic rings. The predicted octanol–water partition coefficient (Wildman–Crippen LogP) is 0.582. The fourth-order valence-corrected chi connectivity index (χ4v) is 3.23. The minimum atomic E-state index is -3.48. The van der Waals surface area contributed by atoms with Gasteiger partial charge >= 0.3 is 0 Å². The highest BCUT2D eigenvalue weighted by molar-refractivity contribution is 7.87. The molecule has 98 valence electrons. The van der Waals surface area contributed by atoms with Crippen LogP contribution in [0.4, 0.5) is 0 Å². The van der Waals surface area contributed by atoms with Crippen LogP contribution < -0.4 is 15.2 Å². The minimum absolute atomic E-state index is 0.126. The third kappa shape index (κ3) is 6.42. The summed E-state index contributed by atoms with van der Waals surface area (Å²) in [7, 11) is -3.48. The molecule has 0 aliphatic heterocycles. The van der Waals surface area contributed by atoms with Crippen molar-refractivity contribution in [3.05, 3.63) is 0 Å². The number of hydrogen-bond donors (Lipinski definition) is 3. The summed E-state index contributed by atoms with van der Waals surface area (Å²) in [6.07, 6.45) is 0.711. The van der Waals surface area contributed by atoms with E-state index in [9.17, 15) is 8.42 Å². The second-order valence-electron chi connectivity index (χ2n) is 5.24. The highest BCUT2D eigenvalue weighted by Crippen LogP contribution is 2.16. The lowest BCUT2D eigenvalue weighted by molar-refractivity contribution is 0.342. The van der Waals surface area contributed by atoms with Crippen molar-refractivity contribution >= 4 is 10.2 Å². The van der Waals surface area contributed by atoms with Gasteiger partial charge in [-0.15, -0.1) is 0 Å². The molecule has 0 aliphatic carbocycles. The molecule has 0 saturated heterocycles. The first-order valence-electron chi connectivity index (χ1n) is 5.61. The molecule has 0 bridgehead atoms. The van der Waals surface area contributed by atoms with E-state index in [0.717, 1.165) is 0 Å². The zero-order valence-corrected chi connectivity index (χ0v) is 11.7. The average molecular weight is 251 g/mol. The van der Waals surface area contributed by atoms with Crippen LogP contribution in [0.5, 0.6) is 0 Å². The van der Waals surface area contributed by atoms with Crippen LogP contribution in [-0.2, 0) is 10.2 Å². The normalized spacial score (nSPS) is 16.8. The molecule has 0 spiro atoms. The van der Waals surface area contributed by atoms with Gasteiger partial charge in [0.25, 0.3) is 10.2 Å². The SMILES string of the molecule is CC(C)CC(C)(CN)NS(=O)(=O)NC(C)C. The van der Waals surface area contributed by atoms with E-state index >= 15 is 0 Å². The summed E-state index contributed by atoms with van der Waals surface area (Å²) in [4.78, 5) is 0. The molecule has 0 heterocycles. The van der Waals surface area contributed by atoms with Gasteiger partial charge in [0.2, 0.25) is 0 Å². The summed E-state index contributed by atoms with van der Waals surface area (Å²) in [6.45, 7) is 9.75. The van der Waals surface area contributed by atoms with Crippen LogP contribution in [0.3, 0.4) is 0 Å². The van der Waals surface area contributed by atoms with E-state index in [2.05, 4.69) is 9.44 Å². The Morgan fingerprint density at radius 1 is 1.25 bits per heavy atom. The van der Waals surface area contributed by atoms with E-state index in [-0.39, 0.29) is 12.6 Å². The Bertz CT molecular complexity index is 301. The first kappa shape index (κ1) is 15.8. The lowest BCUT2D eigenvalue weighted by Gasteiger charge is -2.31. The van der Waals surface area contributed by atoms with Crippen LogP contribution in [-0.4, -0.2) is 26.5 Å². The molecule has 1 atom stereocenters. The molecule has 0 rings (SSSR count). The highest BCUT2D eigenvalue weighted by atomic mass is 32.2. The third-order valence-corrected chi connectivity index (χ3v) is 3.62. The van der Waals surface area contributed by atoms with E-state index < -0.39 is 15.7 Å². The molecule has 6 heteroatoms. The van der Waals surface area contributed by atoms with E-state index in [1.54, 1.807) is 13.8 Å². The van der Waals surface area contributed by atoms with Gasteiger partial charge in [-0.3, -0.25) is 0 Å². The molecule has 4 N–H and O–H groups in total. The molecule has 16 heavy (non-hydrogen) atoms. The molecule has 0 saturated carbocycles. The molecule has 0 aromatic rings. The van der Waals surface area contributed by atoms with E-state index in [0.29, 0.717) is 12.3 Å². The number of hydrogen-bond acceptors (Lipinski definition) is 3. The average Bonchev–Trinajstić information content (AvgIpc) is 1.98. The second kappa shape index (κ2) is 5.95. The smallest absolute Gasteiger partial charge is 0.277 e. The van der Waals surface area contributed by atoms with Crippen molar-refractivity contribution in [2.45, 2.75) is 52.6 Å². The molecule has 1 unspecified atom stereocenters. The number of nitrogens with one attached hydrogen (secondary N) is 2. The largest absolute Gasteiger partial charge is 0.329 e. The van der Waals surface area contributed by atoms with Crippen molar-refractivity contribution in [2.24, 2.45) is 11.7 Å². The Morgan fingerprint density at radius 2 is 1.75 bits per heavy atom. The molecule has 5 nitrogen and oxygen atoms in total. The van der Waals surface area contributed by atoms with Crippen molar-refractivity contribution < 1.29 is 8.42 Å². The van der Waals surface area contributed by atoms with Gasteiger partial charge in [-0.2, -0.15) is 17.9 Å². The quantitative estimate of drug-likeness (QED) is 0.619. The van der Waals surface area contributed by atoms with Crippen molar-refractivity contribution in [3.63, 3.8) is 0 Å². The van der Waals surface area contributed by atoms with Crippen LogP contribution in [0, 0.1) is 5.92 Å². The third-order valence-electron chi connectivity index (χ3n) is 2.08. The molecule has 0 amide bonds. The van der Waals surface area contributed by atoms with Crippen LogP contribution in [0.2, 0.25) is 0 Å². The lowest BCUT2D eigenvalue weighted by atomic mass is 9.92. The highest BCUT2D eigenvalue weighted by Gasteiger charge is 2.29. The summed E-state index contributed by atoms with van der Waals surface area (Å²) in [6, 6.07) is -0.126. The van der Waals surface area contributed by atoms with E-state index in [1.165, 1.54) is 0 Å². The van der Waals surface area contributed by atoms with Gasteiger partial charge in [-0.1, -0.05) is 13.8 Å². The summed E-state index contributed by atoms with van der Waals surface area (Å²) in [5.74, 6) is 0.385. The second-order valence-corrected chi connectivity index (χ2v) is 6.69. The van der Waals surface area contributed by atoms with Crippen molar-refractivity contribution in [1.29, 1.82) is 0 Å². The standard InChI is InChI=1S/C10H25N3O2S/c1-8(2)6-10(5,7-11)13-16(14,15)12-9(3)4/h8-9,12-13H,6-7,11H2,1-5H3. The Morgan fingerprint density at radius 3 is 2.06 bits per heavy atom. The monoisotopic (exact) mass is 251 g/mol. The maximum atomic E-state index is 11.7. The predicted molar refractivity (Wildman–Crippen MR) is 67.2 cm³/mol. The lowest BCUT2D eigenvalue weighted by Crippen LogP contribution is -2.56. The topological polar surface area (TPSA) is 84.2 Å². The van der Waals surface area contributed by atoms with Crippen molar-refractivity contribution in [3.8, 4) is 0 Å². The fourth-order valence-electron chi connectivity index (χ4n) is 1.73. The Labute approximate surface area is 99.4 Å². The summed E-state index contributed by atoms with van der Waals surface area (Å²) >= 11 is 0. The van der Waals surface area contributed by atoms with Gasteiger partial charge < -0.3 is 5.73 Å². The van der Waals surface area contributed by atoms with Crippen molar-refractivity contribution in [1.82, 2.24) is 9.44 Å². The van der Waals surface area contributed by atoms with Crippen LogP contribution in [0.15, 0.2) is 0 Å². The van der Waals surface area contributed by atoms with Crippen LogP contribution in [0.1, 0.15) is 41.0 Å². The first-order chi connectivity index (χ1) is 7.10. The van der Waals surface area contributed by atoms with E-state index in [1.807, 2.05) is 20.8 Å². The van der Waals surface area contributed by atoms with Gasteiger partial charge in [0.05, 0.1) is 0 Å². The number of nitrogens with two attached hydrogens (primary N) is 1. The van der Waals surface area contributed by atoms with Crippen LogP contribution in [0.25, 0.3) is 0 Å². The van der Waals surface area contributed by atoms with Crippen molar-refractivity contribution in [2.75, 3.05) is 6.54 Å². The molecular weight excluding hydrogens is 226 g/mol. The Balaban J connectivity index is 4.64. The van der Waals surface area contributed by atoms with Gasteiger partial charge in [-0.05, 0) is 33.1 Å². The molecule has 0 radical (unpaired) electrons. The van der Waals surface area contributed by atoms with Crippen LogP contribution >= 0.6 is 0 Å².